The summed E-state index contributed by atoms with van der Waals surface area (Å²) in [6.07, 6.45) is 10.5. The molecule has 0 fully saturated rings. The van der Waals surface area contributed by atoms with Crippen LogP contribution in [-0.4, -0.2) is 35.4 Å². The Morgan fingerprint density at radius 3 is 2.48 bits per heavy atom. The molecule has 162 valence electrons. The molecule has 5 rings (SSSR count). The molecule has 0 radical (unpaired) electrons. The van der Waals surface area contributed by atoms with E-state index in [0.717, 1.165) is 44.8 Å². The first-order chi connectivity index (χ1) is 16.1. The van der Waals surface area contributed by atoms with Crippen LogP contribution in [0.25, 0.3) is 33.4 Å². The van der Waals surface area contributed by atoms with Crippen LogP contribution in [-0.2, 0) is 11.3 Å². The number of anilines is 1. The number of fused-ring (bicyclic) bond motifs is 1. The zero-order valence-electron chi connectivity index (χ0n) is 18.2. The lowest BCUT2D eigenvalue weighted by molar-refractivity contribution is -0.116. The molecule has 0 atom stereocenters. The smallest absolute Gasteiger partial charge is 0.245 e. The maximum atomic E-state index is 12.7. The minimum absolute atomic E-state index is 0.162. The monoisotopic (exact) mass is 435 g/mol. The first-order valence-electron chi connectivity index (χ1n) is 10.5. The average Bonchev–Trinajstić information content (AvgIpc) is 3.23. The third-order valence-corrected chi connectivity index (χ3v) is 5.29. The van der Waals surface area contributed by atoms with Gasteiger partial charge in [0.1, 0.15) is 12.4 Å². The third-order valence-electron chi connectivity index (χ3n) is 5.29. The summed E-state index contributed by atoms with van der Waals surface area (Å²) in [5, 5.41) is 3.84. The lowest BCUT2D eigenvalue weighted by Gasteiger charge is -2.09. The van der Waals surface area contributed by atoms with Crippen LogP contribution in [0, 0.1) is 13.8 Å². The summed E-state index contributed by atoms with van der Waals surface area (Å²) >= 11 is 0. The fourth-order valence-corrected chi connectivity index (χ4v) is 3.68. The molecule has 5 aromatic heterocycles. The highest BCUT2D eigenvalue weighted by Crippen LogP contribution is 2.27. The van der Waals surface area contributed by atoms with Crippen molar-refractivity contribution >= 4 is 22.6 Å². The van der Waals surface area contributed by atoms with Crippen molar-refractivity contribution in [1.82, 2.24) is 29.5 Å². The number of carbonyl (C=O) groups is 1. The van der Waals surface area contributed by atoms with Gasteiger partial charge >= 0.3 is 0 Å². The van der Waals surface area contributed by atoms with Crippen LogP contribution in [0.2, 0.25) is 0 Å². The second-order valence-electron chi connectivity index (χ2n) is 7.75. The molecule has 0 bridgehead atoms. The molecule has 0 aromatic carbocycles. The van der Waals surface area contributed by atoms with Crippen LogP contribution < -0.4 is 5.32 Å². The topological polar surface area (TPSA) is 98.5 Å². The quantitative estimate of drug-likeness (QED) is 0.444. The number of aromatic nitrogens is 6. The SMILES string of the molecule is Cc1cnc(-c2ccc(NC(=O)Cn3ccc4c(-c5ccnc(C)c5)nccc43)nc2)cn1. The Bertz CT molecular complexity index is 1440. The van der Waals surface area contributed by atoms with Crippen molar-refractivity contribution in [3.63, 3.8) is 0 Å². The van der Waals surface area contributed by atoms with E-state index in [1.165, 1.54) is 0 Å². The highest BCUT2D eigenvalue weighted by molar-refractivity contribution is 5.95. The number of hydrogen-bond acceptors (Lipinski definition) is 6. The second kappa shape index (κ2) is 8.58. The van der Waals surface area contributed by atoms with Gasteiger partial charge in [-0.3, -0.25) is 24.7 Å². The summed E-state index contributed by atoms with van der Waals surface area (Å²) in [4.78, 5) is 34.5. The normalized spacial score (nSPS) is 11.0. The molecule has 5 aromatic rings. The van der Waals surface area contributed by atoms with Crippen LogP contribution in [0.3, 0.4) is 0 Å². The van der Waals surface area contributed by atoms with Gasteiger partial charge in [0.05, 0.1) is 28.8 Å². The van der Waals surface area contributed by atoms with Crippen molar-refractivity contribution in [1.29, 1.82) is 0 Å². The average molecular weight is 435 g/mol. The van der Waals surface area contributed by atoms with Crippen molar-refractivity contribution in [3.8, 4) is 22.5 Å². The fourth-order valence-electron chi connectivity index (χ4n) is 3.68. The van der Waals surface area contributed by atoms with Crippen LogP contribution >= 0.6 is 0 Å². The van der Waals surface area contributed by atoms with E-state index in [1.54, 1.807) is 37.1 Å². The van der Waals surface area contributed by atoms with Crippen LogP contribution in [0.1, 0.15) is 11.4 Å². The van der Waals surface area contributed by atoms with Gasteiger partial charge in [-0.1, -0.05) is 0 Å². The van der Waals surface area contributed by atoms with Gasteiger partial charge in [-0.25, -0.2) is 4.98 Å². The van der Waals surface area contributed by atoms with Crippen molar-refractivity contribution < 1.29 is 4.79 Å². The van der Waals surface area contributed by atoms with Crippen molar-refractivity contribution in [2.75, 3.05) is 5.32 Å². The number of hydrogen-bond donors (Lipinski definition) is 1. The number of nitrogens with one attached hydrogen (secondary N) is 1. The Kier molecular flexibility index (Phi) is 5.32. The second-order valence-corrected chi connectivity index (χ2v) is 7.75. The van der Waals surface area contributed by atoms with Gasteiger partial charge in [-0.05, 0) is 50.2 Å². The first-order valence-corrected chi connectivity index (χ1v) is 10.5. The molecule has 0 aliphatic rings. The van der Waals surface area contributed by atoms with Gasteiger partial charge in [0.2, 0.25) is 5.91 Å². The predicted octanol–water partition coefficient (Wildman–Crippen LogP) is 4.21. The minimum atomic E-state index is -0.166. The number of rotatable bonds is 5. The van der Waals surface area contributed by atoms with E-state index >= 15 is 0 Å². The van der Waals surface area contributed by atoms with E-state index in [0.29, 0.717) is 5.82 Å². The molecular weight excluding hydrogens is 414 g/mol. The minimum Gasteiger partial charge on any atom is -0.338 e. The summed E-state index contributed by atoms with van der Waals surface area (Å²) in [5.41, 5.74) is 6.16. The largest absolute Gasteiger partial charge is 0.338 e. The Morgan fingerprint density at radius 2 is 1.73 bits per heavy atom. The number of aryl methyl sites for hydroxylation is 2. The maximum absolute atomic E-state index is 12.7. The molecule has 0 unspecified atom stereocenters. The Hall–Kier alpha value is -4.46. The summed E-state index contributed by atoms with van der Waals surface area (Å²) in [5.74, 6) is 0.316. The Labute approximate surface area is 190 Å². The zero-order chi connectivity index (χ0) is 22.8. The highest BCUT2D eigenvalue weighted by Gasteiger charge is 2.12. The summed E-state index contributed by atoms with van der Waals surface area (Å²) in [7, 11) is 0. The first kappa shape index (κ1) is 20.4. The lowest BCUT2D eigenvalue weighted by Crippen LogP contribution is -2.18. The number of pyridine rings is 3. The van der Waals surface area contributed by atoms with Gasteiger partial charge in [0, 0.05) is 53.2 Å². The van der Waals surface area contributed by atoms with E-state index in [2.05, 4.69) is 30.2 Å². The van der Waals surface area contributed by atoms with Crippen LogP contribution in [0.5, 0.6) is 0 Å². The molecule has 0 aliphatic heterocycles. The van der Waals surface area contributed by atoms with E-state index in [-0.39, 0.29) is 12.5 Å². The van der Waals surface area contributed by atoms with Crippen molar-refractivity contribution in [2.45, 2.75) is 20.4 Å². The molecule has 0 saturated heterocycles. The number of nitrogens with zero attached hydrogens (tertiary/aromatic N) is 6. The third kappa shape index (κ3) is 4.31. The van der Waals surface area contributed by atoms with Gasteiger partial charge in [0.25, 0.3) is 0 Å². The van der Waals surface area contributed by atoms with E-state index in [9.17, 15) is 4.79 Å². The lowest BCUT2D eigenvalue weighted by atomic mass is 10.1. The molecule has 8 heteroatoms. The number of carbonyl (C=O) groups excluding carboxylic acids is 1. The molecular formula is C25H21N7O. The maximum Gasteiger partial charge on any atom is 0.245 e. The summed E-state index contributed by atoms with van der Waals surface area (Å²) < 4.78 is 1.90. The van der Waals surface area contributed by atoms with E-state index < -0.39 is 0 Å². The molecule has 0 spiro atoms. The molecule has 5 heterocycles. The van der Waals surface area contributed by atoms with Crippen LogP contribution in [0.4, 0.5) is 5.82 Å². The van der Waals surface area contributed by atoms with Crippen LogP contribution in [0.15, 0.2) is 73.6 Å². The Morgan fingerprint density at radius 1 is 0.848 bits per heavy atom. The molecule has 1 N–H and O–H groups in total. The van der Waals surface area contributed by atoms with Crippen molar-refractivity contribution in [2.24, 2.45) is 0 Å². The van der Waals surface area contributed by atoms with Gasteiger partial charge in [0.15, 0.2) is 0 Å². The molecule has 0 saturated carbocycles. The standard InChI is InChI=1S/C25H21N7O/c1-16-11-18(5-8-26-16)25-20-7-10-32(22(20)6-9-27-25)15-24(33)31-23-4-3-19(13-30-23)21-14-28-17(2)12-29-21/h3-14H,15H2,1-2H3,(H,30,31,33). The predicted molar refractivity (Wildman–Crippen MR) is 126 cm³/mol. The fraction of sp³-hybridized carbons (Fsp3) is 0.120. The molecule has 33 heavy (non-hydrogen) atoms. The highest BCUT2D eigenvalue weighted by atomic mass is 16.2. The molecule has 1 amide bonds. The zero-order valence-corrected chi connectivity index (χ0v) is 18.2. The van der Waals surface area contributed by atoms with Gasteiger partial charge in [-0.2, -0.15) is 0 Å². The van der Waals surface area contributed by atoms with Gasteiger partial charge in [-0.15, -0.1) is 0 Å². The molecule has 0 aliphatic carbocycles. The van der Waals surface area contributed by atoms with E-state index in [1.807, 2.05) is 54.9 Å². The van der Waals surface area contributed by atoms with Crippen molar-refractivity contribution in [3.05, 3.63) is 85.0 Å². The van der Waals surface area contributed by atoms with E-state index in [4.69, 9.17) is 0 Å². The van der Waals surface area contributed by atoms with Gasteiger partial charge < -0.3 is 9.88 Å². The Balaban J connectivity index is 1.32. The summed E-state index contributed by atoms with van der Waals surface area (Å²) in [6, 6.07) is 11.5. The molecule has 8 nitrogen and oxygen atoms in total. The number of amides is 1. The summed E-state index contributed by atoms with van der Waals surface area (Å²) in [6.45, 7) is 4.00.